The first kappa shape index (κ1) is 21.3. The fourth-order valence-electron chi connectivity index (χ4n) is 3.27. The molecule has 1 N–H and O–H groups in total. The van der Waals surface area contributed by atoms with Gasteiger partial charge in [-0.3, -0.25) is 4.79 Å². The Bertz CT molecular complexity index is 606. The first-order chi connectivity index (χ1) is 12.9. The number of carbonyl (C=O) groups is 1. The van der Waals surface area contributed by atoms with Crippen LogP contribution >= 0.6 is 0 Å². The lowest BCUT2D eigenvalue weighted by Gasteiger charge is -2.29. The summed E-state index contributed by atoms with van der Waals surface area (Å²) in [5.74, 6) is 0.862. The van der Waals surface area contributed by atoms with Gasteiger partial charge in [0.25, 0.3) is 0 Å². The van der Waals surface area contributed by atoms with Crippen LogP contribution < -0.4 is 10.1 Å². The van der Waals surface area contributed by atoms with Crippen molar-refractivity contribution in [3.63, 3.8) is 0 Å². The number of nitrogens with one attached hydrogen (secondary N) is 1. The number of amides is 1. The number of anilines is 1. The third-order valence-electron chi connectivity index (χ3n) is 5.34. The maximum Gasteiger partial charge on any atom is 0.227 e. The third kappa shape index (κ3) is 6.58. The number of rotatable bonds is 10. The molecule has 0 saturated carbocycles. The minimum atomic E-state index is -0.125. The van der Waals surface area contributed by atoms with Crippen molar-refractivity contribution in [3.05, 3.63) is 36.5 Å². The van der Waals surface area contributed by atoms with E-state index in [1.165, 1.54) is 12.8 Å². The Morgan fingerprint density at radius 3 is 2.41 bits per heavy atom. The van der Waals surface area contributed by atoms with Crippen LogP contribution in [0.15, 0.2) is 36.5 Å². The van der Waals surface area contributed by atoms with Crippen LogP contribution in [0.5, 0.6) is 5.75 Å². The molecule has 0 spiro atoms. The van der Waals surface area contributed by atoms with Gasteiger partial charge in [0.1, 0.15) is 5.75 Å². The molecule has 150 valence electrons. The van der Waals surface area contributed by atoms with Crippen LogP contribution in [0.3, 0.4) is 0 Å². The van der Waals surface area contributed by atoms with E-state index in [0.717, 1.165) is 43.2 Å². The predicted molar refractivity (Wildman–Crippen MR) is 112 cm³/mol. The lowest BCUT2D eigenvalue weighted by molar-refractivity contribution is -0.120. The number of benzene rings is 1. The zero-order valence-electron chi connectivity index (χ0n) is 17.3. The summed E-state index contributed by atoms with van der Waals surface area (Å²) in [6, 6.07) is 7.60. The zero-order valence-corrected chi connectivity index (χ0v) is 17.3. The van der Waals surface area contributed by atoms with Crippen LogP contribution in [0.2, 0.25) is 0 Å². The smallest absolute Gasteiger partial charge is 0.227 e. The summed E-state index contributed by atoms with van der Waals surface area (Å²) >= 11 is 0. The highest BCUT2D eigenvalue weighted by Gasteiger charge is 2.26. The summed E-state index contributed by atoms with van der Waals surface area (Å²) in [4.78, 5) is 17.1. The summed E-state index contributed by atoms with van der Waals surface area (Å²) in [5.41, 5.74) is 1.88. The monoisotopic (exact) mass is 373 g/mol. The highest BCUT2D eigenvalue weighted by Crippen LogP contribution is 2.26. The SMILES string of the molecule is C=C([C@H](C)[C@@H](C)C(=O)Nc1ccc(OCCCN(C)C)cc1)N1CCCC1. The second-order valence-electron chi connectivity index (χ2n) is 7.78. The molecule has 1 aromatic rings. The van der Waals surface area contributed by atoms with Crippen LogP contribution in [0, 0.1) is 11.8 Å². The van der Waals surface area contributed by atoms with Gasteiger partial charge < -0.3 is 19.9 Å². The van der Waals surface area contributed by atoms with Gasteiger partial charge in [0.15, 0.2) is 0 Å². The zero-order chi connectivity index (χ0) is 19.8. The average molecular weight is 374 g/mol. The summed E-state index contributed by atoms with van der Waals surface area (Å²) in [7, 11) is 4.11. The van der Waals surface area contributed by atoms with E-state index in [0.29, 0.717) is 6.61 Å². The largest absolute Gasteiger partial charge is 0.494 e. The van der Waals surface area contributed by atoms with Crippen molar-refractivity contribution >= 4 is 11.6 Å². The van der Waals surface area contributed by atoms with Gasteiger partial charge in [-0.25, -0.2) is 0 Å². The quantitative estimate of drug-likeness (QED) is 0.633. The molecule has 27 heavy (non-hydrogen) atoms. The molecule has 0 bridgehead atoms. The lowest BCUT2D eigenvalue weighted by atomic mass is 9.91. The Hall–Kier alpha value is -2.01. The number of ether oxygens (including phenoxy) is 1. The van der Waals surface area contributed by atoms with Crippen molar-refractivity contribution in [1.82, 2.24) is 9.80 Å². The van der Waals surface area contributed by atoms with Gasteiger partial charge in [-0.15, -0.1) is 0 Å². The molecule has 1 aliphatic heterocycles. The van der Waals surface area contributed by atoms with Crippen molar-refractivity contribution in [2.45, 2.75) is 33.1 Å². The Kier molecular flexibility index (Phi) is 8.17. The first-order valence-electron chi connectivity index (χ1n) is 10.0. The minimum Gasteiger partial charge on any atom is -0.494 e. The first-order valence-corrected chi connectivity index (χ1v) is 10.0. The summed E-state index contributed by atoms with van der Waals surface area (Å²) < 4.78 is 5.73. The molecular formula is C22H35N3O2. The van der Waals surface area contributed by atoms with E-state index in [4.69, 9.17) is 4.74 Å². The van der Waals surface area contributed by atoms with E-state index >= 15 is 0 Å². The molecule has 0 aliphatic carbocycles. The molecule has 1 amide bonds. The molecule has 5 heteroatoms. The van der Waals surface area contributed by atoms with Crippen molar-refractivity contribution in [2.75, 3.05) is 45.7 Å². The molecule has 1 heterocycles. The Morgan fingerprint density at radius 1 is 1.19 bits per heavy atom. The molecule has 0 unspecified atom stereocenters. The maximum atomic E-state index is 12.6. The maximum absolute atomic E-state index is 12.6. The second-order valence-corrected chi connectivity index (χ2v) is 7.78. The molecule has 1 aromatic carbocycles. The molecular weight excluding hydrogens is 338 g/mol. The standard InChI is InChI=1S/C22H35N3O2/c1-17(19(3)25-14-6-7-15-25)18(2)22(26)23-20-9-11-21(12-10-20)27-16-8-13-24(4)5/h9-12,17-18H,3,6-8,13-16H2,1-2,4-5H3,(H,23,26)/t17-,18-/m1/s1. The highest BCUT2D eigenvalue weighted by molar-refractivity contribution is 5.92. The van der Waals surface area contributed by atoms with Crippen LogP contribution in [-0.4, -0.2) is 56.0 Å². The van der Waals surface area contributed by atoms with E-state index < -0.39 is 0 Å². The van der Waals surface area contributed by atoms with E-state index in [2.05, 4.69) is 42.7 Å². The van der Waals surface area contributed by atoms with Crippen molar-refractivity contribution in [3.8, 4) is 5.75 Å². The highest BCUT2D eigenvalue weighted by atomic mass is 16.5. The Morgan fingerprint density at radius 2 is 1.81 bits per heavy atom. The number of likely N-dealkylation sites (tertiary alicyclic amines) is 1. The molecule has 2 rings (SSSR count). The van der Waals surface area contributed by atoms with Gasteiger partial charge in [-0.1, -0.05) is 20.4 Å². The van der Waals surface area contributed by atoms with Gasteiger partial charge in [0.2, 0.25) is 5.91 Å². The Balaban J connectivity index is 1.81. The summed E-state index contributed by atoms with van der Waals surface area (Å²) in [5, 5.41) is 3.02. The molecule has 2 atom stereocenters. The number of carbonyl (C=O) groups excluding carboxylic acids is 1. The third-order valence-corrected chi connectivity index (χ3v) is 5.34. The Labute approximate surface area is 164 Å². The van der Waals surface area contributed by atoms with Crippen molar-refractivity contribution in [1.29, 1.82) is 0 Å². The predicted octanol–water partition coefficient (Wildman–Crippen LogP) is 3.84. The molecule has 1 fully saturated rings. The van der Waals surface area contributed by atoms with Crippen LogP contribution in [0.1, 0.15) is 33.1 Å². The van der Waals surface area contributed by atoms with Gasteiger partial charge >= 0.3 is 0 Å². The van der Waals surface area contributed by atoms with E-state index in [1.54, 1.807) is 0 Å². The van der Waals surface area contributed by atoms with Gasteiger partial charge in [0, 0.05) is 42.9 Å². The summed E-state index contributed by atoms with van der Waals surface area (Å²) in [6.45, 7) is 12.1. The fourth-order valence-corrected chi connectivity index (χ4v) is 3.27. The molecule has 0 radical (unpaired) electrons. The molecule has 5 nitrogen and oxygen atoms in total. The van der Waals surface area contributed by atoms with E-state index in [-0.39, 0.29) is 17.7 Å². The van der Waals surface area contributed by atoms with Crippen LogP contribution in [0.4, 0.5) is 5.69 Å². The van der Waals surface area contributed by atoms with E-state index in [1.807, 2.05) is 31.2 Å². The number of hydrogen-bond donors (Lipinski definition) is 1. The van der Waals surface area contributed by atoms with Crippen LogP contribution in [-0.2, 0) is 4.79 Å². The number of allylic oxidation sites excluding steroid dienone is 1. The second kappa shape index (κ2) is 10.4. The average Bonchev–Trinajstić information content (AvgIpc) is 3.19. The molecule has 1 saturated heterocycles. The van der Waals surface area contributed by atoms with E-state index in [9.17, 15) is 4.79 Å². The fraction of sp³-hybridized carbons (Fsp3) is 0.591. The lowest BCUT2D eigenvalue weighted by Crippen LogP contribution is -2.31. The normalized spacial score (nSPS) is 16.3. The van der Waals surface area contributed by atoms with Crippen molar-refractivity contribution in [2.24, 2.45) is 11.8 Å². The van der Waals surface area contributed by atoms with Gasteiger partial charge in [-0.2, -0.15) is 0 Å². The topological polar surface area (TPSA) is 44.8 Å². The molecule has 0 aromatic heterocycles. The number of nitrogens with zero attached hydrogens (tertiary/aromatic N) is 2. The summed E-state index contributed by atoms with van der Waals surface area (Å²) in [6.07, 6.45) is 3.42. The van der Waals surface area contributed by atoms with Gasteiger partial charge in [0.05, 0.1) is 6.61 Å². The van der Waals surface area contributed by atoms with Crippen molar-refractivity contribution < 1.29 is 9.53 Å². The van der Waals surface area contributed by atoms with Crippen LogP contribution in [0.25, 0.3) is 0 Å². The number of hydrogen-bond acceptors (Lipinski definition) is 4. The van der Waals surface area contributed by atoms with Gasteiger partial charge in [-0.05, 0) is 57.6 Å². The minimum absolute atomic E-state index is 0.0301. The molecule has 1 aliphatic rings.